The fourth-order valence-corrected chi connectivity index (χ4v) is 11.6. The van der Waals surface area contributed by atoms with E-state index in [0.29, 0.717) is 5.92 Å². The van der Waals surface area contributed by atoms with Crippen molar-refractivity contribution in [3.63, 3.8) is 0 Å². The molecule has 1 aromatic carbocycles. The zero-order valence-corrected chi connectivity index (χ0v) is 26.7. The van der Waals surface area contributed by atoms with Crippen molar-refractivity contribution in [2.45, 2.75) is 67.7 Å². The van der Waals surface area contributed by atoms with Crippen LogP contribution in [0.25, 0.3) is 0 Å². The first-order chi connectivity index (χ1) is 11.8. The average Bonchev–Trinajstić information content (AvgIpc) is 2.72. The van der Waals surface area contributed by atoms with Crippen LogP contribution in [0.2, 0.25) is 0 Å². The Morgan fingerprint density at radius 3 is 1.82 bits per heavy atom. The summed E-state index contributed by atoms with van der Waals surface area (Å²) in [5, 5.41) is 3.03. The van der Waals surface area contributed by atoms with Gasteiger partial charge in [0.1, 0.15) is 0 Å². The molecule has 28 heavy (non-hydrogen) atoms. The van der Waals surface area contributed by atoms with Gasteiger partial charge in [0.15, 0.2) is 0 Å². The van der Waals surface area contributed by atoms with E-state index in [-0.39, 0.29) is 30.2 Å². The third-order valence-electron chi connectivity index (χ3n) is 6.47. The molecule has 0 fully saturated rings. The predicted octanol–water partition coefficient (Wildman–Crippen LogP) is 3.65. The van der Waals surface area contributed by atoms with Gasteiger partial charge in [-0.05, 0) is 0 Å². The molecule has 0 saturated carbocycles. The van der Waals surface area contributed by atoms with Crippen molar-refractivity contribution in [2.75, 3.05) is 0 Å². The van der Waals surface area contributed by atoms with Crippen LogP contribution in [0.15, 0.2) is 20.2 Å². The Morgan fingerprint density at radius 1 is 0.929 bits per heavy atom. The molecule has 0 spiro atoms. The number of benzene rings is 1. The maximum absolute atomic E-state index is 6.80. The van der Waals surface area contributed by atoms with E-state index in [9.17, 15) is 0 Å². The SMILES string of the molecule is Cl.Cl.[CH2]=[Ti]([O]c1c(C)c(C)c(C)c(C(C)(C)C)c1[SiH3])[C]1=C([SiH3])C(C)=C(C)C1C. The summed E-state index contributed by atoms with van der Waals surface area (Å²) >= 11 is -2.01. The molecule has 0 aliphatic heterocycles. The van der Waals surface area contributed by atoms with Gasteiger partial charge in [0, 0.05) is 0 Å². The van der Waals surface area contributed by atoms with Gasteiger partial charge in [-0.2, -0.15) is 0 Å². The minimum absolute atomic E-state index is 0. The standard InChI is InChI=1S/C13H22OSi.C8H13Si.CH2.2ClH.Ti/c1-7-8(2)10(13(4,5)6)12(15)11(14)9(7)3;1-5-4-8(9)7(3)6(5)2;;;;/h14H,1-6,15H3;5H,1-3,9H3;1H2;2*1H;/q;;;;;+1/p-1. The van der Waals surface area contributed by atoms with Gasteiger partial charge in [-0.1, -0.05) is 0 Å². The second kappa shape index (κ2) is 9.94. The molecule has 0 bridgehead atoms. The van der Waals surface area contributed by atoms with Crippen LogP contribution < -0.4 is 8.51 Å². The second-order valence-electron chi connectivity index (χ2n) is 9.05. The number of allylic oxidation sites excluding steroid dienone is 4. The minimum atomic E-state index is -2.01. The van der Waals surface area contributed by atoms with Crippen LogP contribution in [0.1, 0.15) is 63.8 Å². The van der Waals surface area contributed by atoms with Gasteiger partial charge in [-0.25, -0.2) is 0 Å². The summed E-state index contributed by atoms with van der Waals surface area (Å²) < 4.78 is 8.37. The van der Waals surface area contributed by atoms with Gasteiger partial charge < -0.3 is 0 Å². The molecule has 0 radical (unpaired) electrons. The molecule has 2 rings (SSSR count). The van der Waals surface area contributed by atoms with Crippen molar-refractivity contribution >= 4 is 55.3 Å². The summed E-state index contributed by atoms with van der Waals surface area (Å²) in [5.41, 5.74) is 8.85. The Morgan fingerprint density at radius 2 is 1.43 bits per heavy atom. The monoisotopic (exact) mass is 492 g/mol. The number of halogens is 2. The Kier molecular flexibility index (Phi) is 9.97. The Labute approximate surface area is 197 Å². The first kappa shape index (κ1) is 28.1. The topological polar surface area (TPSA) is 9.23 Å². The molecule has 1 atom stereocenters. The number of hydrogen-bond acceptors (Lipinski definition) is 1. The summed E-state index contributed by atoms with van der Waals surface area (Å²) in [6.45, 7) is 20.7. The van der Waals surface area contributed by atoms with Gasteiger partial charge in [-0.3, -0.25) is 0 Å². The fourth-order valence-electron chi connectivity index (χ4n) is 4.59. The molecular formula is C22H38Cl2OSi2Ti. The van der Waals surface area contributed by atoms with E-state index in [1.165, 1.54) is 44.3 Å². The van der Waals surface area contributed by atoms with Gasteiger partial charge in [-0.15, -0.1) is 24.8 Å². The van der Waals surface area contributed by atoms with Crippen LogP contribution in [-0.2, 0) is 23.2 Å². The van der Waals surface area contributed by atoms with E-state index in [1.54, 1.807) is 9.07 Å². The van der Waals surface area contributed by atoms with E-state index in [0.717, 1.165) is 20.5 Å². The van der Waals surface area contributed by atoms with E-state index in [2.05, 4.69) is 67.1 Å². The summed E-state index contributed by atoms with van der Waals surface area (Å²) in [4.78, 5) is 4.61. The molecule has 1 unspecified atom stereocenters. The zero-order chi connectivity index (χ0) is 20.1. The first-order valence-corrected chi connectivity index (χ1v) is 14.2. The van der Waals surface area contributed by atoms with Gasteiger partial charge in [0.2, 0.25) is 0 Å². The van der Waals surface area contributed by atoms with Crippen LogP contribution in [0.5, 0.6) is 5.75 Å². The second-order valence-corrected chi connectivity index (χ2v) is 13.5. The molecule has 0 heterocycles. The molecule has 158 valence electrons. The van der Waals surface area contributed by atoms with Crippen molar-refractivity contribution in [1.82, 2.24) is 0 Å². The van der Waals surface area contributed by atoms with Crippen molar-refractivity contribution in [2.24, 2.45) is 5.92 Å². The Bertz CT molecular complexity index is 865. The molecule has 0 amide bonds. The van der Waals surface area contributed by atoms with E-state index < -0.39 is 17.8 Å². The summed E-state index contributed by atoms with van der Waals surface area (Å²) in [6.07, 6.45) is 0. The molecule has 1 aliphatic carbocycles. The maximum atomic E-state index is 6.80. The Balaban J connectivity index is 0.00000364. The van der Waals surface area contributed by atoms with Crippen LogP contribution in [0.3, 0.4) is 0 Å². The number of hydrogen-bond donors (Lipinski definition) is 0. The molecule has 1 nitrogen and oxygen atoms in total. The van der Waals surface area contributed by atoms with E-state index in [4.69, 9.17) is 3.32 Å². The van der Waals surface area contributed by atoms with Gasteiger partial charge in [0.25, 0.3) is 0 Å². The molecule has 0 saturated heterocycles. The van der Waals surface area contributed by atoms with Gasteiger partial charge in [0.05, 0.1) is 0 Å². The molecular weight excluding hydrogens is 455 g/mol. The first-order valence-electron chi connectivity index (χ1n) is 9.67. The van der Waals surface area contributed by atoms with Crippen LogP contribution in [-0.4, -0.2) is 25.3 Å². The summed E-state index contributed by atoms with van der Waals surface area (Å²) in [5.74, 6) is 1.70. The Hall–Kier alpha value is 0.0981. The normalized spacial score (nSPS) is 17.0. The zero-order valence-electron chi connectivity index (χ0n) is 19.5. The van der Waals surface area contributed by atoms with Gasteiger partial charge >= 0.3 is 173 Å². The molecule has 1 aromatic rings. The predicted molar refractivity (Wildman–Crippen MR) is 136 cm³/mol. The van der Waals surface area contributed by atoms with E-state index >= 15 is 0 Å². The van der Waals surface area contributed by atoms with Crippen LogP contribution in [0, 0.1) is 26.7 Å². The molecule has 1 aliphatic rings. The summed E-state index contributed by atoms with van der Waals surface area (Å²) in [6, 6.07) is 0. The molecule has 0 aromatic heterocycles. The van der Waals surface area contributed by atoms with Crippen molar-refractivity contribution < 1.29 is 21.1 Å². The fraction of sp³-hybridized carbons (Fsp3) is 0.500. The van der Waals surface area contributed by atoms with Crippen molar-refractivity contribution in [3.8, 4) is 5.75 Å². The third kappa shape index (κ3) is 4.87. The van der Waals surface area contributed by atoms with Crippen LogP contribution in [0.4, 0.5) is 0 Å². The van der Waals surface area contributed by atoms with Crippen molar-refractivity contribution in [1.29, 1.82) is 0 Å². The quantitative estimate of drug-likeness (QED) is 0.585. The average molecular weight is 493 g/mol. The molecule has 6 heteroatoms. The van der Waals surface area contributed by atoms with Crippen molar-refractivity contribution in [3.05, 3.63) is 42.5 Å². The molecule has 0 N–H and O–H groups in total. The van der Waals surface area contributed by atoms with E-state index in [1.807, 2.05) is 0 Å². The third-order valence-corrected chi connectivity index (χ3v) is 12.4. The number of rotatable bonds is 3. The van der Waals surface area contributed by atoms with Crippen LogP contribution >= 0.6 is 24.8 Å². The summed E-state index contributed by atoms with van der Waals surface area (Å²) in [7, 11) is 2.11.